The molecule has 1 N–H and O–H groups in total. The smallest absolute Gasteiger partial charge is 0.199 e. The minimum absolute atomic E-state index is 0.126. The van der Waals surface area contributed by atoms with E-state index >= 15 is 0 Å². The van der Waals surface area contributed by atoms with Gasteiger partial charge in [-0.1, -0.05) is 0 Å². The van der Waals surface area contributed by atoms with Crippen molar-refractivity contribution in [3.05, 3.63) is 17.6 Å². The van der Waals surface area contributed by atoms with Crippen LogP contribution < -0.4 is 0 Å². The minimum Gasteiger partial charge on any atom is -0.381 e. The first kappa shape index (κ1) is 19.7. The van der Waals surface area contributed by atoms with E-state index in [9.17, 15) is 13.2 Å². The molecule has 9 nitrogen and oxygen atoms in total. The van der Waals surface area contributed by atoms with E-state index in [2.05, 4.69) is 20.3 Å². The zero-order valence-electron chi connectivity index (χ0n) is 16.0. The molecule has 0 unspecified atom stereocenters. The first-order chi connectivity index (χ1) is 12.6. The van der Waals surface area contributed by atoms with Gasteiger partial charge >= 0.3 is 0 Å². The largest absolute Gasteiger partial charge is 0.381 e. The highest BCUT2D eigenvalue weighted by Crippen LogP contribution is 2.29. The number of carbonyl (C=O) groups is 1. The second-order valence-electron chi connectivity index (χ2n) is 7.37. The first-order valence-electron chi connectivity index (χ1n) is 8.89. The zero-order chi connectivity index (χ0) is 19.8. The molecule has 0 amide bonds. The van der Waals surface area contributed by atoms with Crippen LogP contribution in [0.4, 0.5) is 0 Å². The fourth-order valence-corrected chi connectivity index (χ4v) is 5.27. The van der Waals surface area contributed by atoms with Crippen LogP contribution in [0, 0.1) is 6.92 Å². The molecule has 2 aromatic heterocycles. The molecule has 0 aromatic carbocycles. The predicted molar refractivity (Wildman–Crippen MR) is 98.9 cm³/mol. The number of rotatable bonds is 6. The third-order valence-electron chi connectivity index (χ3n) is 5.08. The number of Topliss-reactive ketones (excluding diaryl/α,β-unsaturated/α-hetero) is 1. The van der Waals surface area contributed by atoms with Crippen molar-refractivity contribution in [2.75, 3.05) is 13.2 Å². The second kappa shape index (κ2) is 7.16. The van der Waals surface area contributed by atoms with E-state index in [1.165, 1.54) is 13.8 Å². The molecule has 2 aromatic rings. The number of sulfone groups is 1. The Hall–Kier alpha value is -2.07. The molecule has 0 saturated carbocycles. The maximum absolute atomic E-state index is 13.0. The molecule has 0 bridgehead atoms. The number of aryl methyl sites for hydroxylation is 2. The Balaban J connectivity index is 1.77. The van der Waals surface area contributed by atoms with Gasteiger partial charge in [0.05, 0.1) is 17.4 Å². The summed E-state index contributed by atoms with van der Waals surface area (Å²) in [5.41, 5.74) is 1.55. The lowest BCUT2D eigenvalue weighted by Crippen LogP contribution is -2.48. The highest BCUT2D eigenvalue weighted by atomic mass is 32.2. The van der Waals surface area contributed by atoms with E-state index in [1.54, 1.807) is 11.7 Å². The third-order valence-corrected chi connectivity index (χ3v) is 8.08. The van der Waals surface area contributed by atoms with Crippen LogP contribution in [0.25, 0.3) is 11.5 Å². The van der Waals surface area contributed by atoms with Gasteiger partial charge in [0.2, 0.25) is 0 Å². The molecule has 3 rings (SSSR count). The third kappa shape index (κ3) is 3.68. The number of hydrogen-bond acceptors (Lipinski definition) is 7. The molecule has 0 radical (unpaired) electrons. The number of aromatic nitrogens is 5. The van der Waals surface area contributed by atoms with Crippen molar-refractivity contribution in [3.63, 3.8) is 0 Å². The Morgan fingerprint density at radius 1 is 1.37 bits per heavy atom. The number of aromatic amines is 1. The van der Waals surface area contributed by atoms with Crippen molar-refractivity contribution in [1.29, 1.82) is 0 Å². The van der Waals surface area contributed by atoms with Crippen molar-refractivity contribution in [2.24, 2.45) is 7.05 Å². The molecule has 3 heterocycles. The first-order valence-corrected chi connectivity index (χ1v) is 10.4. The van der Waals surface area contributed by atoms with E-state index in [-0.39, 0.29) is 6.42 Å². The van der Waals surface area contributed by atoms with Gasteiger partial charge in [-0.05, 0) is 39.7 Å². The van der Waals surface area contributed by atoms with Gasteiger partial charge in [0, 0.05) is 20.3 Å². The van der Waals surface area contributed by atoms with Crippen molar-refractivity contribution in [1.82, 2.24) is 25.0 Å². The number of ether oxygens (including phenoxy) is 1. The van der Waals surface area contributed by atoms with Gasteiger partial charge in [0.1, 0.15) is 16.3 Å². The van der Waals surface area contributed by atoms with E-state index in [1.807, 2.05) is 13.0 Å². The number of nitrogens with zero attached hydrogens (tertiary/aromatic N) is 4. The Kier molecular flexibility index (Phi) is 5.22. The summed E-state index contributed by atoms with van der Waals surface area (Å²) >= 11 is 0. The van der Waals surface area contributed by atoms with Gasteiger partial charge < -0.3 is 4.74 Å². The van der Waals surface area contributed by atoms with Crippen LogP contribution >= 0.6 is 0 Å². The standard InChI is InChI=1S/C17H25N5O4S/c1-11-9-13(22(4)21-11)16-18-15(19-20-16)10-14(23)17(2,3)27(24,25)12-5-7-26-8-6-12/h9,12H,5-8,10H2,1-4H3,(H,18,19,20). The van der Waals surface area contributed by atoms with Gasteiger partial charge in [-0.15, -0.1) is 0 Å². The molecule has 148 valence electrons. The summed E-state index contributed by atoms with van der Waals surface area (Å²) in [4.78, 5) is 17.2. The molecule has 0 spiro atoms. The summed E-state index contributed by atoms with van der Waals surface area (Å²) in [5.74, 6) is 0.355. The lowest BCUT2D eigenvalue weighted by atomic mass is 10.1. The second-order valence-corrected chi connectivity index (χ2v) is 10.1. The SMILES string of the molecule is Cc1cc(-c2n[nH]c(CC(=O)C(C)(C)S(=O)(=O)C3CCOCC3)n2)n(C)n1. The molecule has 1 fully saturated rings. The van der Waals surface area contributed by atoms with Crippen LogP contribution in [0.3, 0.4) is 0 Å². The van der Waals surface area contributed by atoms with E-state index in [0.717, 1.165) is 11.4 Å². The molecule has 0 aliphatic carbocycles. The van der Waals surface area contributed by atoms with Crippen LogP contribution in [0.2, 0.25) is 0 Å². The maximum Gasteiger partial charge on any atom is 0.199 e. The topological polar surface area (TPSA) is 120 Å². The molecular weight excluding hydrogens is 370 g/mol. The van der Waals surface area contributed by atoms with Crippen molar-refractivity contribution >= 4 is 15.6 Å². The van der Waals surface area contributed by atoms with E-state index in [4.69, 9.17) is 4.74 Å². The van der Waals surface area contributed by atoms with Crippen LogP contribution in [0.1, 0.15) is 38.2 Å². The van der Waals surface area contributed by atoms with Gasteiger partial charge in [-0.3, -0.25) is 14.6 Å². The van der Waals surface area contributed by atoms with Crippen molar-refractivity contribution in [3.8, 4) is 11.5 Å². The zero-order valence-corrected chi connectivity index (χ0v) is 16.8. The highest BCUT2D eigenvalue weighted by molar-refractivity contribution is 7.94. The highest BCUT2D eigenvalue weighted by Gasteiger charge is 2.46. The Morgan fingerprint density at radius 2 is 2.04 bits per heavy atom. The number of hydrogen-bond donors (Lipinski definition) is 1. The van der Waals surface area contributed by atoms with Gasteiger partial charge in [0.25, 0.3) is 0 Å². The lowest BCUT2D eigenvalue weighted by molar-refractivity contribution is -0.120. The molecule has 27 heavy (non-hydrogen) atoms. The van der Waals surface area contributed by atoms with Crippen LogP contribution in [0.15, 0.2) is 6.07 Å². The minimum atomic E-state index is -3.64. The fourth-order valence-electron chi connectivity index (χ4n) is 3.24. The normalized spacial score (nSPS) is 16.6. The molecule has 0 atom stereocenters. The Labute approximate surface area is 158 Å². The quantitative estimate of drug-likeness (QED) is 0.774. The Bertz CT molecular complexity index is 938. The van der Waals surface area contributed by atoms with Crippen LogP contribution in [0.5, 0.6) is 0 Å². The van der Waals surface area contributed by atoms with Gasteiger partial charge in [0.15, 0.2) is 21.4 Å². The molecule has 10 heteroatoms. The predicted octanol–water partition coefficient (Wildman–Crippen LogP) is 0.998. The molecule has 1 saturated heterocycles. The summed E-state index contributed by atoms with van der Waals surface area (Å²) in [6.45, 7) is 5.63. The average Bonchev–Trinajstić information content (AvgIpc) is 3.21. The van der Waals surface area contributed by atoms with Crippen LogP contribution in [-0.4, -0.2) is 62.4 Å². The maximum atomic E-state index is 13.0. The summed E-state index contributed by atoms with van der Waals surface area (Å²) in [6.07, 6.45) is 0.718. The van der Waals surface area contributed by atoms with Crippen molar-refractivity contribution < 1.29 is 17.9 Å². The number of nitrogens with one attached hydrogen (secondary N) is 1. The van der Waals surface area contributed by atoms with Gasteiger partial charge in [-0.25, -0.2) is 13.4 Å². The van der Waals surface area contributed by atoms with Crippen LogP contribution in [-0.2, 0) is 32.8 Å². The Morgan fingerprint density at radius 3 is 2.63 bits per heavy atom. The van der Waals surface area contributed by atoms with E-state index < -0.39 is 25.6 Å². The summed E-state index contributed by atoms with van der Waals surface area (Å²) in [7, 11) is -1.85. The number of ketones is 1. The summed E-state index contributed by atoms with van der Waals surface area (Å²) < 4.78 is 31.4. The number of carbonyl (C=O) groups excluding carboxylic acids is 1. The van der Waals surface area contributed by atoms with Gasteiger partial charge in [-0.2, -0.15) is 10.2 Å². The number of H-pyrrole nitrogens is 1. The molecular formula is C17H25N5O4S. The molecule has 1 aliphatic rings. The lowest BCUT2D eigenvalue weighted by Gasteiger charge is -2.31. The fraction of sp³-hybridized carbons (Fsp3) is 0.647. The summed E-state index contributed by atoms with van der Waals surface area (Å²) in [5, 5.41) is 10.6. The monoisotopic (exact) mass is 395 g/mol. The average molecular weight is 395 g/mol. The van der Waals surface area contributed by atoms with Crippen molar-refractivity contribution in [2.45, 2.75) is 50.0 Å². The summed E-state index contributed by atoms with van der Waals surface area (Å²) in [6, 6.07) is 1.84. The van der Waals surface area contributed by atoms with E-state index in [0.29, 0.717) is 37.7 Å². The molecule has 1 aliphatic heterocycles.